The maximum atomic E-state index is 12.6. The van der Waals surface area contributed by atoms with Gasteiger partial charge in [-0.3, -0.25) is 20.0 Å². The number of amides is 1. The van der Waals surface area contributed by atoms with E-state index in [4.69, 9.17) is 21.0 Å². The SMILES string of the molecule is N=C(N)N1CCC(N2C(=O)OC(CN3CCNCC3)C2CCC(=O)O)CC1. The quantitative estimate of drug-likeness (QED) is 0.350. The number of carbonyl (C=O) groups excluding carboxylic acids is 1. The molecule has 0 aromatic rings. The number of nitrogens with one attached hydrogen (secondary N) is 2. The molecule has 0 aromatic carbocycles. The van der Waals surface area contributed by atoms with Gasteiger partial charge in [-0.2, -0.15) is 0 Å². The number of ether oxygens (including phenoxy) is 1. The molecule has 1 amide bonds. The van der Waals surface area contributed by atoms with Crippen molar-refractivity contribution in [1.29, 1.82) is 5.41 Å². The van der Waals surface area contributed by atoms with E-state index in [2.05, 4.69) is 10.2 Å². The number of likely N-dealkylation sites (tertiary alicyclic amines) is 1. The van der Waals surface area contributed by atoms with Gasteiger partial charge < -0.3 is 25.8 Å². The highest BCUT2D eigenvalue weighted by Crippen LogP contribution is 2.30. The van der Waals surface area contributed by atoms with Crippen molar-refractivity contribution in [2.24, 2.45) is 5.73 Å². The van der Waals surface area contributed by atoms with E-state index < -0.39 is 5.97 Å². The number of carbonyl (C=O) groups is 2. The molecular formula is C17H30N6O4. The summed E-state index contributed by atoms with van der Waals surface area (Å²) in [5.74, 6) is -0.807. The Kier molecular flexibility index (Phi) is 6.38. The van der Waals surface area contributed by atoms with Gasteiger partial charge in [0, 0.05) is 58.3 Å². The zero-order valence-corrected chi connectivity index (χ0v) is 15.6. The summed E-state index contributed by atoms with van der Waals surface area (Å²) in [6, 6.07) is -0.225. The number of piperidine rings is 1. The zero-order valence-electron chi connectivity index (χ0n) is 15.6. The Balaban J connectivity index is 1.67. The van der Waals surface area contributed by atoms with Crippen molar-refractivity contribution in [1.82, 2.24) is 20.0 Å². The molecule has 27 heavy (non-hydrogen) atoms. The molecular weight excluding hydrogens is 352 g/mol. The van der Waals surface area contributed by atoms with Crippen molar-refractivity contribution in [3.63, 3.8) is 0 Å². The maximum Gasteiger partial charge on any atom is 0.410 e. The lowest BCUT2D eigenvalue weighted by Gasteiger charge is -2.39. The highest BCUT2D eigenvalue weighted by molar-refractivity contribution is 5.75. The van der Waals surface area contributed by atoms with E-state index in [1.165, 1.54) is 0 Å². The normalized spacial score (nSPS) is 27.6. The average molecular weight is 382 g/mol. The molecule has 3 aliphatic heterocycles. The minimum Gasteiger partial charge on any atom is -0.481 e. The number of cyclic esters (lactones) is 1. The number of aliphatic carboxylic acids is 1. The summed E-state index contributed by atoms with van der Waals surface area (Å²) in [6.45, 7) is 5.51. The molecule has 0 spiro atoms. The number of hydrogen-bond donors (Lipinski definition) is 4. The molecule has 0 bridgehead atoms. The molecule has 3 fully saturated rings. The van der Waals surface area contributed by atoms with Crippen molar-refractivity contribution in [3.8, 4) is 0 Å². The molecule has 3 heterocycles. The van der Waals surface area contributed by atoms with Crippen LogP contribution in [-0.2, 0) is 9.53 Å². The predicted octanol–water partition coefficient (Wildman–Crippen LogP) is -0.696. The van der Waals surface area contributed by atoms with E-state index in [0.29, 0.717) is 38.9 Å². The Hall–Kier alpha value is -2.07. The monoisotopic (exact) mass is 382 g/mol. The topological polar surface area (TPSA) is 135 Å². The average Bonchev–Trinajstić information content (AvgIpc) is 2.95. The summed E-state index contributed by atoms with van der Waals surface area (Å²) in [4.78, 5) is 29.6. The van der Waals surface area contributed by atoms with Crippen LogP contribution >= 0.6 is 0 Å². The van der Waals surface area contributed by atoms with Gasteiger partial charge in [0.15, 0.2) is 5.96 Å². The molecule has 10 heteroatoms. The fourth-order valence-corrected chi connectivity index (χ4v) is 4.29. The van der Waals surface area contributed by atoms with Crippen LogP contribution in [0.5, 0.6) is 0 Å². The number of guanidine groups is 1. The van der Waals surface area contributed by atoms with Crippen LogP contribution in [0.25, 0.3) is 0 Å². The number of rotatable bonds is 6. The van der Waals surface area contributed by atoms with Crippen molar-refractivity contribution >= 4 is 18.0 Å². The molecule has 0 aliphatic carbocycles. The van der Waals surface area contributed by atoms with Crippen molar-refractivity contribution in [3.05, 3.63) is 0 Å². The van der Waals surface area contributed by atoms with E-state index in [1.807, 2.05) is 0 Å². The highest BCUT2D eigenvalue weighted by atomic mass is 16.6. The third-order valence-electron chi connectivity index (χ3n) is 5.75. The van der Waals surface area contributed by atoms with Gasteiger partial charge in [-0.1, -0.05) is 0 Å². The Morgan fingerprint density at radius 3 is 2.52 bits per heavy atom. The summed E-state index contributed by atoms with van der Waals surface area (Å²) >= 11 is 0. The van der Waals surface area contributed by atoms with E-state index in [-0.39, 0.29) is 36.7 Å². The van der Waals surface area contributed by atoms with Crippen LogP contribution in [0.3, 0.4) is 0 Å². The van der Waals surface area contributed by atoms with Crippen LogP contribution in [0, 0.1) is 5.41 Å². The Labute approximate surface area is 159 Å². The first-order valence-electron chi connectivity index (χ1n) is 9.68. The van der Waals surface area contributed by atoms with Gasteiger partial charge in [0.1, 0.15) is 6.10 Å². The highest BCUT2D eigenvalue weighted by Gasteiger charge is 2.46. The number of nitrogens with zero attached hydrogens (tertiary/aromatic N) is 3. The third-order valence-corrected chi connectivity index (χ3v) is 5.75. The molecule has 3 saturated heterocycles. The summed E-state index contributed by atoms with van der Waals surface area (Å²) in [7, 11) is 0. The van der Waals surface area contributed by atoms with Gasteiger partial charge in [-0.05, 0) is 19.3 Å². The first-order chi connectivity index (χ1) is 13.0. The van der Waals surface area contributed by atoms with Gasteiger partial charge in [-0.15, -0.1) is 0 Å². The summed E-state index contributed by atoms with van der Waals surface area (Å²) in [5, 5.41) is 20.0. The van der Waals surface area contributed by atoms with Crippen LogP contribution in [0.2, 0.25) is 0 Å². The van der Waals surface area contributed by atoms with E-state index in [9.17, 15) is 9.59 Å². The zero-order chi connectivity index (χ0) is 19.4. The molecule has 0 aromatic heterocycles. The molecule has 2 atom stereocenters. The number of carboxylic acids is 1. The first kappa shape index (κ1) is 19.7. The lowest BCUT2D eigenvalue weighted by atomic mass is 9.97. The second kappa shape index (κ2) is 8.75. The summed E-state index contributed by atoms with van der Waals surface area (Å²) < 4.78 is 5.70. The van der Waals surface area contributed by atoms with Gasteiger partial charge in [-0.25, -0.2) is 4.79 Å². The van der Waals surface area contributed by atoms with Crippen molar-refractivity contribution in [2.45, 2.75) is 43.9 Å². The molecule has 3 rings (SSSR count). The van der Waals surface area contributed by atoms with E-state index >= 15 is 0 Å². The number of nitrogens with two attached hydrogens (primary N) is 1. The molecule has 0 radical (unpaired) electrons. The van der Waals surface area contributed by atoms with E-state index in [0.717, 1.165) is 26.2 Å². The summed E-state index contributed by atoms with van der Waals surface area (Å²) in [6.07, 6.45) is 1.18. The Morgan fingerprint density at radius 1 is 1.26 bits per heavy atom. The maximum absolute atomic E-state index is 12.6. The van der Waals surface area contributed by atoms with Crippen LogP contribution in [0.4, 0.5) is 4.79 Å². The van der Waals surface area contributed by atoms with Gasteiger partial charge in [0.2, 0.25) is 0 Å². The lowest BCUT2D eigenvalue weighted by Crippen LogP contribution is -2.53. The fourth-order valence-electron chi connectivity index (χ4n) is 4.29. The minimum absolute atomic E-state index is 0.0000765. The van der Waals surface area contributed by atoms with Gasteiger partial charge in [0.05, 0.1) is 6.04 Å². The van der Waals surface area contributed by atoms with Crippen LogP contribution in [0.1, 0.15) is 25.7 Å². The van der Waals surface area contributed by atoms with E-state index in [1.54, 1.807) is 9.80 Å². The van der Waals surface area contributed by atoms with Gasteiger partial charge >= 0.3 is 12.1 Å². The van der Waals surface area contributed by atoms with Crippen molar-refractivity contribution in [2.75, 3.05) is 45.8 Å². The lowest BCUT2D eigenvalue weighted by molar-refractivity contribution is -0.137. The second-order valence-corrected chi connectivity index (χ2v) is 7.48. The molecule has 10 nitrogen and oxygen atoms in total. The predicted molar refractivity (Wildman–Crippen MR) is 98.6 cm³/mol. The van der Waals surface area contributed by atoms with Crippen LogP contribution in [-0.4, -0.2) is 102 Å². The number of hydrogen-bond acceptors (Lipinski definition) is 6. The molecule has 152 valence electrons. The molecule has 3 aliphatic rings. The minimum atomic E-state index is -0.860. The standard InChI is InChI=1S/C17H30N6O4/c18-16(19)22-7-3-12(4-8-22)23-13(1-2-15(24)25)14(27-17(23)26)11-21-9-5-20-6-10-21/h12-14,20H,1-11H2,(H3,18,19)(H,24,25). The largest absolute Gasteiger partial charge is 0.481 e. The fraction of sp³-hybridized carbons (Fsp3) is 0.824. The Bertz CT molecular complexity index is 560. The van der Waals surface area contributed by atoms with Crippen LogP contribution < -0.4 is 11.1 Å². The van der Waals surface area contributed by atoms with Crippen molar-refractivity contribution < 1.29 is 19.4 Å². The molecule has 2 unspecified atom stereocenters. The third kappa shape index (κ3) is 4.81. The Morgan fingerprint density at radius 2 is 1.93 bits per heavy atom. The first-order valence-corrected chi connectivity index (χ1v) is 9.68. The molecule has 5 N–H and O–H groups in total. The second-order valence-electron chi connectivity index (χ2n) is 7.48. The van der Waals surface area contributed by atoms with Gasteiger partial charge in [0.25, 0.3) is 0 Å². The number of piperazine rings is 1. The summed E-state index contributed by atoms with van der Waals surface area (Å²) in [5.41, 5.74) is 5.56. The molecule has 0 saturated carbocycles. The number of carboxylic acid groups (broad SMARTS) is 1. The van der Waals surface area contributed by atoms with Crippen LogP contribution in [0.15, 0.2) is 0 Å². The smallest absolute Gasteiger partial charge is 0.410 e.